The Hall–Kier alpha value is -0.970. The predicted octanol–water partition coefficient (Wildman–Crippen LogP) is 1.80. The van der Waals surface area contributed by atoms with Crippen molar-refractivity contribution in [2.24, 2.45) is 0 Å². The molecule has 2 heterocycles. The van der Waals surface area contributed by atoms with Gasteiger partial charge in [0.1, 0.15) is 0 Å². The lowest BCUT2D eigenvalue weighted by molar-refractivity contribution is -0.0328. The summed E-state index contributed by atoms with van der Waals surface area (Å²) in [4.78, 5) is 7.15. The summed E-state index contributed by atoms with van der Waals surface area (Å²) in [7, 11) is 0. The minimum Gasteiger partial charge on any atom is -0.376 e. The number of pyridine rings is 1. The van der Waals surface area contributed by atoms with Crippen LogP contribution in [0.4, 0.5) is 0 Å². The van der Waals surface area contributed by atoms with Crippen molar-refractivity contribution in [2.75, 3.05) is 26.2 Å². The van der Waals surface area contributed by atoms with Crippen LogP contribution in [0.2, 0.25) is 0 Å². The highest BCUT2D eigenvalue weighted by atomic mass is 16.5. The molecule has 0 aromatic carbocycles. The van der Waals surface area contributed by atoms with Gasteiger partial charge in [-0.05, 0) is 25.1 Å². The molecular weight excluding hydrogens is 238 g/mol. The Morgan fingerprint density at radius 2 is 2.21 bits per heavy atom. The summed E-state index contributed by atoms with van der Waals surface area (Å²) in [6, 6.07) is 6.30. The van der Waals surface area contributed by atoms with Gasteiger partial charge in [0.2, 0.25) is 0 Å². The molecule has 1 N–H and O–H groups in total. The number of morpholine rings is 1. The van der Waals surface area contributed by atoms with E-state index < -0.39 is 0 Å². The van der Waals surface area contributed by atoms with Crippen LogP contribution in [0.15, 0.2) is 18.2 Å². The number of ether oxygens (including phenoxy) is 1. The molecular formula is C15H25N3O. The van der Waals surface area contributed by atoms with Gasteiger partial charge in [0, 0.05) is 26.2 Å². The average Bonchev–Trinajstić information content (AvgIpc) is 2.46. The second-order valence-corrected chi connectivity index (χ2v) is 5.04. The van der Waals surface area contributed by atoms with E-state index in [0.29, 0.717) is 6.10 Å². The quantitative estimate of drug-likeness (QED) is 0.849. The second-order valence-electron chi connectivity index (χ2n) is 5.04. The van der Waals surface area contributed by atoms with Gasteiger partial charge >= 0.3 is 0 Å². The summed E-state index contributed by atoms with van der Waals surface area (Å²) in [6.07, 6.45) is 1.48. The van der Waals surface area contributed by atoms with Crippen LogP contribution >= 0.6 is 0 Å². The molecule has 19 heavy (non-hydrogen) atoms. The third-order valence-corrected chi connectivity index (χ3v) is 3.48. The van der Waals surface area contributed by atoms with E-state index in [1.807, 2.05) is 0 Å². The lowest BCUT2D eigenvalue weighted by atomic mass is 10.2. The minimum absolute atomic E-state index is 0.388. The van der Waals surface area contributed by atoms with Gasteiger partial charge in [-0.1, -0.05) is 19.9 Å². The van der Waals surface area contributed by atoms with Crippen LogP contribution in [0.25, 0.3) is 0 Å². The van der Waals surface area contributed by atoms with Gasteiger partial charge < -0.3 is 10.1 Å². The maximum atomic E-state index is 5.70. The highest BCUT2D eigenvalue weighted by Gasteiger charge is 2.19. The summed E-state index contributed by atoms with van der Waals surface area (Å²) in [5, 5.41) is 3.32. The van der Waals surface area contributed by atoms with Crippen molar-refractivity contribution in [3.8, 4) is 0 Å². The summed E-state index contributed by atoms with van der Waals surface area (Å²) < 4.78 is 5.70. The first kappa shape index (κ1) is 14.4. The number of nitrogens with zero attached hydrogens (tertiary/aromatic N) is 2. The lowest BCUT2D eigenvalue weighted by Gasteiger charge is -2.32. The van der Waals surface area contributed by atoms with Crippen LogP contribution in [0.1, 0.15) is 31.7 Å². The van der Waals surface area contributed by atoms with Crippen molar-refractivity contribution in [3.05, 3.63) is 29.6 Å². The second kappa shape index (κ2) is 7.58. The van der Waals surface area contributed by atoms with Crippen LogP contribution < -0.4 is 5.32 Å². The van der Waals surface area contributed by atoms with Gasteiger partial charge in [0.15, 0.2) is 0 Å². The van der Waals surface area contributed by atoms with Crippen molar-refractivity contribution in [1.82, 2.24) is 15.2 Å². The normalized spacial score (nSPS) is 20.6. The van der Waals surface area contributed by atoms with Crippen molar-refractivity contribution < 1.29 is 4.74 Å². The van der Waals surface area contributed by atoms with E-state index in [-0.39, 0.29) is 0 Å². The number of rotatable bonds is 6. The van der Waals surface area contributed by atoms with Gasteiger partial charge in [0.25, 0.3) is 0 Å². The molecule has 0 bridgehead atoms. The predicted molar refractivity (Wildman–Crippen MR) is 76.9 cm³/mol. The molecule has 106 valence electrons. The van der Waals surface area contributed by atoms with Gasteiger partial charge in [-0.25, -0.2) is 0 Å². The Morgan fingerprint density at radius 1 is 1.37 bits per heavy atom. The Morgan fingerprint density at radius 3 is 3.00 bits per heavy atom. The zero-order chi connectivity index (χ0) is 13.5. The van der Waals surface area contributed by atoms with Gasteiger partial charge in [-0.3, -0.25) is 9.88 Å². The molecule has 0 amide bonds. The van der Waals surface area contributed by atoms with E-state index in [2.05, 4.69) is 42.3 Å². The average molecular weight is 263 g/mol. The van der Waals surface area contributed by atoms with Gasteiger partial charge in [-0.2, -0.15) is 0 Å². The number of hydrogen-bond acceptors (Lipinski definition) is 4. The molecule has 1 aliphatic rings. The first-order valence-corrected chi connectivity index (χ1v) is 7.31. The third-order valence-electron chi connectivity index (χ3n) is 3.48. The molecule has 0 radical (unpaired) electrons. The van der Waals surface area contributed by atoms with Crippen molar-refractivity contribution in [2.45, 2.75) is 39.5 Å². The summed E-state index contributed by atoms with van der Waals surface area (Å²) in [6.45, 7) is 9.94. The Labute approximate surface area is 116 Å². The van der Waals surface area contributed by atoms with E-state index in [1.165, 1.54) is 0 Å². The fourth-order valence-electron chi connectivity index (χ4n) is 2.37. The molecule has 0 spiro atoms. The molecule has 0 aliphatic carbocycles. The van der Waals surface area contributed by atoms with E-state index in [9.17, 15) is 0 Å². The van der Waals surface area contributed by atoms with E-state index in [1.54, 1.807) is 0 Å². The minimum atomic E-state index is 0.388. The first-order chi connectivity index (χ1) is 9.31. The molecule has 1 aromatic rings. The SMILES string of the molecule is CCNCc1cccc(CN2CCOC(CC)C2)n1. The van der Waals surface area contributed by atoms with Gasteiger partial charge in [-0.15, -0.1) is 0 Å². The molecule has 0 saturated carbocycles. The topological polar surface area (TPSA) is 37.4 Å². The smallest absolute Gasteiger partial charge is 0.0700 e. The van der Waals surface area contributed by atoms with Crippen LogP contribution in [0.3, 0.4) is 0 Å². The summed E-state index contributed by atoms with van der Waals surface area (Å²) in [5.41, 5.74) is 2.28. The number of aromatic nitrogens is 1. The van der Waals surface area contributed by atoms with E-state index >= 15 is 0 Å². The van der Waals surface area contributed by atoms with Crippen molar-refractivity contribution in [3.63, 3.8) is 0 Å². The largest absolute Gasteiger partial charge is 0.376 e. The van der Waals surface area contributed by atoms with Crippen molar-refractivity contribution in [1.29, 1.82) is 0 Å². The molecule has 1 fully saturated rings. The maximum absolute atomic E-state index is 5.70. The van der Waals surface area contributed by atoms with E-state index in [4.69, 9.17) is 9.72 Å². The number of nitrogens with one attached hydrogen (secondary N) is 1. The zero-order valence-corrected chi connectivity index (χ0v) is 12.1. The monoisotopic (exact) mass is 263 g/mol. The highest BCUT2D eigenvalue weighted by molar-refractivity contribution is 5.11. The fraction of sp³-hybridized carbons (Fsp3) is 0.667. The van der Waals surface area contributed by atoms with Crippen LogP contribution in [-0.2, 0) is 17.8 Å². The molecule has 1 aromatic heterocycles. The van der Waals surface area contributed by atoms with Crippen LogP contribution in [-0.4, -0.2) is 42.2 Å². The van der Waals surface area contributed by atoms with Crippen LogP contribution in [0.5, 0.6) is 0 Å². The van der Waals surface area contributed by atoms with Gasteiger partial charge in [0.05, 0.1) is 24.1 Å². The standard InChI is InChI=1S/C15H25N3O/c1-3-15-12-18(8-9-19-15)11-14-7-5-6-13(17-14)10-16-4-2/h5-7,15-16H,3-4,8-12H2,1-2H3. The molecule has 1 unspecified atom stereocenters. The first-order valence-electron chi connectivity index (χ1n) is 7.31. The molecule has 4 heteroatoms. The molecule has 1 aliphatic heterocycles. The lowest BCUT2D eigenvalue weighted by Crippen LogP contribution is -2.41. The Bertz CT molecular complexity index is 383. The fourth-order valence-corrected chi connectivity index (χ4v) is 2.37. The zero-order valence-electron chi connectivity index (χ0n) is 12.1. The number of hydrogen-bond donors (Lipinski definition) is 1. The molecule has 4 nitrogen and oxygen atoms in total. The molecule has 1 atom stereocenters. The Balaban J connectivity index is 1.90. The van der Waals surface area contributed by atoms with Crippen LogP contribution in [0, 0.1) is 0 Å². The Kier molecular flexibility index (Phi) is 5.76. The summed E-state index contributed by atoms with van der Waals surface area (Å²) >= 11 is 0. The highest BCUT2D eigenvalue weighted by Crippen LogP contribution is 2.11. The molecule has 1 saturated heterocycles. The maximum Gasteiger partial charge on any atom is 0.0700 e. The third kappa shape index (κ3) is 4.56. The van der Waals surface area contributed by atoms with Crippen molar-refractivity contribution >= 4 is 0 Å². The van der Waals surface area contributed by atoms with E-state index in [0.717, 1.165) is 57.1 Å². The summed E-state index contributed by atoms with van der Waals surface area (Å²) in [5.74, 6) is 0. The molecule has 2 rings (SSSR count).